The fourth-order valence-corrected chi connectivity index (χ4v) is 3.48. The summed E-state index contributed by atoms with van der Waals surface area (Å²) < 4.78 is 0. The third kappa shape index (κ3) is 14.1. The van der Waals surface area contributed by atoms with Crippen molar-refractivity contribution >= 4 is 11.9 Å². The lowest BCUT2D eigenvalue weighted by molar-refractivity contribution is -0.00770. The highest BCUT2D eigenvalue weighted by molar-refractivity contribution is 5.87. The second-order valence-electron chi connectivity index (χ2n) is 8.42. The third-order valence-corrected chi connectivity index (χ3v) is 5.62. The number of hydrogen-bond acceptors (Lipinski definition) is 4. The Morgan fingerprint density at radius 1 is 0.800 bits per heavy atom. The Bertz CT molecular complexity index is 770. The Morgan fingerprint density at radius 3 is 1.49 bits per heavy atom. The zero-order valence-corrected chi connectivity index (χ0v) is 21.2. The molecular formula is C29H42O6. The number of aliphatic hydroxyl groups excluding tert-OH is 2. The second-order valence-corrected chi connectivity index (χ2v) is 8.42. The lowest BCUT2D eigenvalue weighted by atomic mass is 9.82. The summed E-state index contributed by atoms with van der Waals surface area (Å²) in [6.45, 7) is 9.88. The van der Waals surface area contributed by atoms with Crippen LogP contribution in [0, 0.1) is 11.8 Å². The molecular weight excluding hydrogens is 444 g/mol. The molecule has 0 spiro atoms. The first-order valence-corrected chi connectivity index (χ1v) is 12.2. The highest BCUT2D eigenvalue weighted by atomic mass is 16.4. The molecule has 4 unspecified atom stereocenters. The Balaban J connectivity index is 0.000000538. The van der Waals surface area contributed by atoms with E-state index in [1.165, 1.54) is 0 Å². The minimum Gasteiger partial charge on any atom is -0.478 e. The van der Waals surface area contributed by atoms with E-state index in [2.05, 4.69) is 20.4 Å². The predicted octanol–water partition coefficient (Wildman–Crippen LogP) is 6.30. The second kappa shape index (κ2) is 19.4. The molecule has 2 rings (SSSR count). The first kappa shape index (κ1) is 32.0. The molecule has 0 aliphatic carbocycles. The summed E-state index contributed by atoms with van der Waals surface area (Å²) in [4.78, 5) is 20.4. The van der Waals surface area contributed by atoms with Crippen LogP contribution in [0.25, 0.3) is 0 Å². The lowest BCUT2D eigenvalue weighted by Gasteiger charge is -2.30. The zero-order chi connectivity index (χ0) is 26.6. The first-order valence-electron chi connectivity index (χ1n) is 12.2. The number of rotatable bonds is 12. The molecule has 4 N–H and O–H groups in total. The molecule has 4 atom stereocenters. The highest BCUT2D eigenvalue weighted by Gasteiger charge is 2.28. The molecule has 0 radical (unpaired) electrons. The zero-order valence-electron chi connectivity index (χ0n) is 21.2. The van der Waals surface area contributed by atoms with E-state index >= 15 is 0 Å². The van der Waals surface area contributed by atoms with E-state index in [9.17, 15) is 19.8 Å². The number of benzene rings is 2. The smallest absolute Gasteiger partial charge is 0.335 e. The average Bonchev–Trinajstić information content (AvgIpc) is 2.86. The summed E-state index contributed by atoms with van der Waals surface area (Å²) in [5.74, 6) is -1.66. The molecule has 194 valence electrons. The van der Waals surface area contributed by atoms with Gasteiger partial charge >= 0.3 is 11.9 Å². The van der Waals surface area contributed by atoms with Gasteiger partial charge in [0.15, 0.2) is 0 Å². The van der Waals surface area contributed by atoms with Crippen LogP contribution in [0.3, 0.4) is 0 Å². The lowest BCUT2D eigenvalue weighted by Crippen LogP contribution is -2.35. The minimum atomic E-state index is -0.879. The van der Waals surface area contributed by atoms with Crippen LogP contribution in [-0.4, -0.2) is 44.6 Å². The summed E-state index contributed by atoms with van der Waals surface area (Å²) in [5, 5.41) is 36.9. The Morgan fingerprint density at radius 2 is 1.20 bits per heavy atom. The van der Waals surface area contributed by atoms with Crippen molar-refractivity contribution in [3.63, 3.8) is 0 Å². The minimum absolute atomic E-state index is 0.0187. The van der Waals surface area contributed by atoms with Gasteiger partial charge in [0.05, 0.1) is 23.3 Å². The van der Waals surface area contributed by atoms with Crippen molar-refractivity contribution in [2.24, 2.45) is 11.8 Å². The number of hydrogen-bond donors (Lipinski definition) is 4. The van der Waals surface area contributed by atoms with E-state index in [4.69, 9.17) is 10.2 Å². The summed E-state index contributed by atoms with van der Waals surface area (Å²) >= 11 is 0. The van der Waals surface area contributed by atoms with Crippen molar-refractivity contribution in [3.05, 3.63) is 84.4 Å². The molecule has 0 heterocycles. The third-order valence-electron chi connectivity index (χ3n) is 5.62. The van der Waals surface area contributed by atoms with Crippen LogP contribution in [0.15, 0.2) is 73.3 Å². The predicted molar refractivity (Wildman–Crippen MR) is 141 cm³/mol. The SMILES string of the molecule is C=CC(CCCC)C(O)C(CCCC)C(C)O.O=C(O)c1ccccc1.O=C(O)c1ccccc1. The molecule has 0 saturated heterocycles. The van der Waals surface area contributed by atoms with Gasteiger partial charge in [0, 0.05) is 11.8 Å². The van der Waals surface area contributed by atoms with Gasteiger partial charge in [-0.3, -0.25) is 0 Å². The van der Waals surface area contributed by atoms with E-state index in [1.807, 2.05) is 6.08 Å². The van der Waals surface area contributed by atoms with Gasteiger partial charge in [0.25, 0.3) is 0 Å². The molecule has 0 saturated carbocycles. The molecule has 35 heavy (non-hydrogen) atoms. The molecule has 2 aromatic rings. The summed E-state index contributed by atoms with van der Waals surface area (Å²) in [6.07, 6.45) is 7.21. The molecule has 0 aromatic heterocycles. The van der Waals surface area contributed by atoms with Crippen molar-refractivity contribution in [2.75, 3.05) is 0 Å². The van der Waals surface area contributed by atoms with Crippen LogP contribution in [0.1, 0.15) is 80.0 Å². The quantitative estimate of drug-likeness (QED) is 0.262. The van der Waals surface area contributed by atoms with E-state index < -0.39 is 24.1 Å². The summed E-state index contributed by atoms with van der Waals surface area (Å²) in [7, 11) is 0. The van der Waals surface area contributed by atoms with Gasteiger partial charge in [-0.05, 0) is 44.0 Å². The molecule has 6 nitrogen and oxygen atoms in total. The van der Waals surface area contributed by atoms with Crippen molar-refractivity contribution < 1.29 is 30.0 Å². The molecule has 0 aliphatic rings. The maximum atomic E-state index is 10.4. The molecule has 6 heteroatoms. The standard InChI is InChI=1S/C15H30O2.2C7H6O2/c1-5-8-10-13(7-3)15(17)14(12(4)16)11-9-6-2;2*8-7(9)6-4-2-1-3-5-6/h7,12-17H,3,5-6,8-11H2,1-2,4H3;2*1-5H,(H,8,9). The summed E-state index contributed by atoms with van der Waals surface area (Å²) in [5.41, 5.74) is 0.662. The Kier molecular flexibility index (Phi) is 17.7. The van der Waals surface area contributed by atoms with Crippen LogP contribution in [0.5, 0.6) is 0 Å². The fraction of sp³-hybridized carbons (Fsp3) is 0.448. The first-order chi connectivity index (χ1) is 16.7. The number of carbonyl (C=O) groups is 2. The van der Waals surface area contributed by atoms with Gasteiger partial charge in [0.2, 0.25) is 0 Å². The Labute approximate surface area is 210 Å². The summed E-state index contributed by atoms with van der Waals surface area (Å²) in [6, 6.07) is 16.6. The van der Waals surface area contributed by atoms with Gasteiger partial charge in [-0.1, -0.05) is 82.0 Å². The van der Waals surface area contributed by atoms with Gasteiger partial charge in [-0.15, -0.1) is 6.58 Å². The van der Waals surface area contributed by atoms with Crippen molar-refractivity contribution in [3.8, 4) is 0 Å². The van der Waals surface area contributed by atoms with Crippen molar-refractivity contribution in [1.29, 1.82) is 0 Å². The van der Waals surface area contributed by atoms with E-state index in [-0.39, 0.29) is 11.8 Å². The van der Waals surface area contributed by atoms with Crippen molar-refractivity contribution in [2.45, 2.75) is 71.5 Å². The molecule has 0 amide bonds. The molecule has 2 aromatic carbocycles. The van der Waals surface area contributed by atoms with Crippen LogP contribution < -0.4 is 0 Å². The van der Waals surface area contributed by atoms with Crippen LogP contribution >= 0.6 is 0 Å². The monoisotopic (exact) mass is 486 g/mol. The fourth-order valence-electron chi connectivity index (χ4n) is 3.48. The van der Waals surface area contributed by atoms with E-state index in [0.717, 1.165) is 38.5 Å². The van der Waals surface area contributed by atoms with Crippen LogP contribution in [0.2, 0.25) is 0 Å². The largest absolute Gasteiger partial charge is 0.478 e. The highest BCUT2D eigenvalue weighted by Crippen LogP contribution is 2.26. The van der Waals surface area contributed by atoms with Gasteiger partial charge in [0.1, 0.15) is 0 Å². The molecule has 0 bridgehead atoms. The average molecular weight is 487 g/mol. The van der Waals surface area contributed by atoms with E-state index in [0.29, 0.717) is 11.1 Å². The normalized spacial score (nSPS) is 13.5. The number of carboxylic acids is 2. The molecule has 0 aliphatic heterocycles. The van der Waals surface area contributed by atoms with Crippen molar-refractivity contribution in [1.82, 2.24) is 0 Å². The number of aliphatic hydroxyl groups is 2. The maximum absolute atomic E-state index is 10.4. The number of unbranched alkanes of at least 4 members (excludes halogenated alkanes) is 2. The Hall–Kier alpha value is -2.96. The van der Waals surface area contributed by atoms with E-state index in [1.54, 1.807) is 67.6 Å². The van der Waals surface area contributed by atoms with Gasteiger partial charge in [-0.25, -0.2) is 9.59 Å². The van der Waals surface area contributed by atoms with Crippen LogP contribution in [-0.2, 0) is 0 Å². The topological polar surface area (TPSA) is 115 Å². The number of carboxylic acid groups (broad SMARTS) is 2. The number of aromatic carboxylic acids is 2. The van der Waals surface area contributed by atoms with Crippen LogP contribution in [0.4, 0.5) is 0 Å². The van der Waals surface area contributed by atoms with Gasteiger partial charge in [-0.2, -0.15) is 0 Å². The molecule has 0 fully saturated rings. The van der Waals surface area contributed by atoms with Gasteiger partial charge < -0.3 is 20.4 Å². The maximum Gasteiger partial charge on any atom is 0.335 e.